The van der Waals surface area contributed by atoms with Crippen molar-refractivity contribution in [2.45, 2.75) is 0 Å². The Bertz CT molecular complexity index is 525. The topological polar surface area (TPSA) is 41.9 Å². The summed E-state index contributed by atoms with van der Waals surface area (Å²) in [5, 5.41) is 9.08. The second-order valence-corrected chi connectivity index (χ2v) is 4.48. The van der Waals surface area contributed by atoms with Gasteiger partial charge in [-0.15, -0.1) is 10.2 Å². The molecule has 0 aliphatic carbocycles. The Labute approximate surface area is 109 Å². The number of rotatable bonds is 2. The molecule has 0 aliphatic rings. The van der Waals surface area contributed by atoms with Gasteiger partial charge in [-0.2, -0.15) is 0 Å². The Balaban J connectivity index is 2.36. The van der Waals surface area contributed by atoms with Gasteiger partial charge >= 0.3 is 0 Å². The molecule has 0 unspecified atom stereocenters. The van der Waals surface area contributed by atoms with Crippen molar-refractivity contribution in [2.24, 2.45) is 0 Å². The maximum Gasteiger partial charge on any atom is 0.244 e. The zero-order chi connectivity index (χ0) is 12.4. The van der Waals surface area contributed by atoms with Crippen molar-refractivity contribution in [3.8, 4) is 11.3 Å². The van der Waals surface area contributed by atoms with Crippen molar-refractivity contribution in [3.05, 3.63) is 34.4 Å². The SMILES string of the molecule is CN(C)c1ncc(-c2ccc(Cl)c(Cl)c2)nn1. The average Bonchev–Trinajstić information content (AvgIpc) is 2.33. The number of anilines is 1. The molecular formula is C11H10Cl2N4. The smallest absolute Gasteiger partial charge is 0.244 e. The Hall–Kier alpha value is -1.39. The number of nitrogens with zero attached hydrogens (tertiary/aromatic N) is 4. The molecule has 0 radical (unpaired) electrons. The van der Waals surface area contributed by atoms with Gasteiger partial charge in [-0.25, -0.2) is 4.98 Å². The molecule has 0 aliphatic heterocycles. The minimum absolute atomic E-state index is 0.489. The van der Waals surface area contributed by atoms with Gasteiger partial charge in [-0.05, 0) is 12.1 Å². The van der Waals surface area contributed by atoms with Crippen LogP contribution in [0.4, 0.5) is 5.95 Å². The fraction of sp³-hybridized carbons (Fsp3) is 0.182. The molecule has 0 amide bonds. The summed E-state index contributed by atoms with van der Waals surface area (Å²) in [5.74, 6) is 0.564. The van der Waals surface area contributed by atoms with Crippen LogP contribution < -0.4 is 4.90 Å². The van der Waals surface area contributed by atoms with Crippen LogP contribution in [0.2, 0.25) is 10.0 Å². The lowest BCUT2D eigenvalue weighted by molar-refractivity contribution is 0.912. The standard InChI is InChI=1S/C11H10Cl2N4/c1-17(2)11-14-6-10(15-16-11)7-3-4-8(12)9(13)5-7/h3-6H,1-2H3. The van der Waals surface area contributed by atoms with Crippen LogP contribution in [-0.4, -0.2) is 29.3 Å². The molecule has 1 aromatic heterocycles. The van der Waals surface area contributed by atoms with Crippen LogP contribution in [0.5, 0.6) is 0 Å². The van der Waals surface area contributed by atoms with Gasteiger partial charge < -0.3 is 4.90 Å². The molecule has 0 saturated heterocycles. The number of hydrogen-bond acceptors (Lipinski definition) is 4. The lowest BCUT2D eigenvalue weighted by atomic mass is 10.2. The first-order valence-corrected chi connectivity index (χ1v) is 5.66. The summed E-state index contributed by atoms with van der Waals surface area (Å²) in [6.45, 7) is 0. The molecule has 0 atom stereocenters. The van der Waals surface area contributed by atoms with E-state index in [1.54, 1.807) is 23.2 Å². The minimum Gasteiger partial charge on any atom is -0.346 e. The molecule has 2 rings (SSSR count). The maximum atomic E-state index is 5.94. The lowest BCUT2D eigenvalue weighted by Crippen LogP contribution is -2.13. The summed E-state index contributed by atoms with van der Waals surface area (Å²) in [7, 11) is 3.71. The molecule has 1 aromatic carbocycles. The number of benzene rings is 1. The first-order valence-electron chi connectivity index (χ1n) is 4.90. The van der Waals surface area contributed by atoms with E-state index in [9.17, 15) is 0 Å². The van der Waals surface area contributed by atoms with Gasteiger partial charge in [0.15, 0.2) is 0 Å². The fourth-order valence-corrected chi connectivity index (χ4v) is 1.56. The van der Waals surface area contributed by atoms with Gasteiger partial charge in [-0.1, -0.05) is 29.3 Å². The van der Waals surface area contributed by atoms with Crippen LogP contribution in [-0.2, 0) is 0 Å². The maximum absolute atomic E-state index is 5.94. The summed E-state index contributed by atoms with van der Waals surface area (Å²) in [4.78, 5) is 5.97. The van der Waals surface area contributed by atoms with E-state index < -0.39 is 0 Å². The van der Waals surface area contributed by atoms with E-state index in [1.165, 1.54) is 0 Å². The van der Waals surface area contributed by atoms with Crippen LogP contribution in [0.1, 0.15) is 0 Å². The van der Waals surface area contributed by atoms with E-state index in [-0.39, 0.29) is 0 Å². The van der Waals surface area contributed by atoms with Gasteiger partial charge in [0.25, 0.3) is 0 Å². The predicted molar refractivity (Wildman–Crippen MR) is 69.6 cm³/mol. The van der Waals surface area contributed by atoms with Gasteiger partial charge in [0.05, 0.1) is 16.2 Å². The molecule has 2 aromatic rings. The lowest BCUT2D eigenvalue weighted by Gasteiger charge is -2.08. The van der Waals surface area contributed by atoms with Crippen LogP contribution in [0, 0.1) is 0 Å². The predicted octanol–water partition coefficient (Wildman–Crippen LogP) is 2.91. The first-order chi connectivity index (χ1) is 8.08. The molecule has 6 heteroatoms. The molecule has 0 fully saturated rings. The summed E-state index contributed by atoms with van der Waals surface area (Å²) in [5.41, 5.74) is 1.50. The zero-order valence-electron chi connectivity index (χ0n) is 9.35. The van der Waals surface area contributed by atoms with Crippen molar-refractivity contribution in [3.63, 3.8) is 0 Å². The highest BCUT2D eigenvalue weighted by Gasteiger charge is 2.05. The number of halogens is 2. The summed E-state index contributed by atoms with van der Waals surface area (Å²) in [6.07, 6.45) is 1.65. The van der Waals surface area contributed by atoms with E-state index in [0.717, 1.165) is 5.56 Å². The minimum atomic E-state index is 0.489. The number of hydrogen-bond donors (Lipinski definition) is 0. The Morgan fingerprint density at radius 1 is 1.06 bits per heavy atom. The molecule has 1 heterocycles. The summed E-state index contributed by atoms with van der Waals surface area (Å²) >= 11 is 11.8. The Morgan fingerprint density at radius 2 is 1.82 bits per heavy atom. The van der Waals surface area contributed by atoms with Crippen molar-refractivity contribution >= 4 is 29.2 Å². The highest BCUT2D eigenvalue weighted by atomic mass is 35.5. The van der Waals surface area contributed by atoms with Gasteiger partial charge in [0, 0.05) is 19.7 Å². The number of aromatic nitrogens is 3. The van der Waals surface area contributed by atoms with Crippen molar-refractivity contribution < 1.29 is 0 Å². The van der Waals surface area contributed by atoms with Gasteiger partial charge in [0.1, 0.15) is 5.69 Å². The Kier molecular flexibility index (Phi) is 3.45. The molecule has 0 spiro atoms. The van der Waals surface area contributed by atoms with Gasteiger partial charge in [0.2, 0.25) is 5.95 Å². The van der Waals surface area contributed by atoms with Crippen LogP contribution in [0.3, 0.4) is 0 Å². The van der Waals surface area contributed by atoms with Crippen LogP contribution >= 0.6 is 23.2 Å². The quantitative estimate of drug-likeness (QED) is 0.840. The Morgan fingerprint density at radius 3 is 2.35 bits per heavy atom. The molecular weight excluding hydrogens is 259 g/mol. The molecule has 0 N–H and O–H groups in total. The fourth-order valence-electron chi connectivity index (χ4n) is 1.26. The van der Waals surface area contributed by atoms with Crippen LogP contribution in [0.25, 0.3) is 11.3 Å². The molecule has 17 heavy (non-hydrogen) atoms. The molecule has 4 nitrogen and oxygen atoms in total. The highest BCUT2D eigenvalue weighted by Crippen LogP contribution is 2.27. The summed E-state index contributed by atoms with van der Waals surface area (Å²) in [6, 6.07) is 5.29. The normalized spacial score (nSPS) is 10.4. The van der Waals surface area contributed by atoms with Crippen molar-refractivity contribution in [1.29, 1.82) is 0 Å². The second-order valence-electron chi connectivity index (χ2n) is 3.67. The van der Waals surface area contributed by atoms with E-state index in [2.05, 4.69) is 15.2 Å². The largest absolute Gasteiger partial charge is 0.346 e. The van der Waals surface area contributed by atoms with Crippen molar-refractivity contribution in [1.82, 2.24) is 15.2 Å². The van der Waals surface area contributed by atoms with E-state index in [1.807, 2.05) is 20.2 Å². The third-order valence-electron chi connectivity index (χ3n) is 2.16. The van der Waals surface area contributed by atoms with E-state index >= 15 is 0 Å². The molecule has 0 saturated carbocycles. The first kappa shape index (κ1) is 12.1. The van der Waals surface area contributed by atoms with Crippen molar-refractivity contribution in [2.75, 3.05) is 19.0 Å². The third-order valence-corrected chi connectivity index (χ3v) is 2.90. The van der Waals surface area contributed by atoms with E-state index in [0.29, 0.717) is 21.7 Å². The van der Waals surface area contributed by atoms with E-state index in [4.69, 9.17) is 23.2 Å². The molecule has 0 bridgehead atoms. The van der Waals surface area contributed by atoms with Gasteiger partial charge in [-0.3, -0.25) is 0 Å². The zero-order valence-corrected chi connectivity index (χ0v) is 10.9. The summed E-state index contributed by atoms with van der Waals surface area (Å²) < 4.78 is 0. The monoisotopic (exact) mass is 268 g/mol. The highest BCUT2D eigenvalue weighted by molar-refractivity contribution is 6.42. The third kappa shape index (κ3) is 2.65. The average molecular weight is 269 g/mol. The second kappa shape index (κ2) is 4.85. The van der Waals surface area contributed by atoms with Crippen LogP contribution in [0.15, 0.2) is 24.4 Å². The molecule has 88 valence electrons.